The van der Waals surface area contributed by atoms with Crippen LogP contribution in [0.15, 0.2) is 45.6 Å². The van der Waals surface area contributed by atoms with Gasteiger partial charge in [0.05, 0.1) is 0 Å². The summed E-state index contributed by atoms with van der Waals surface area (Å²) in [4.78, 5) is 25.8. The van der Waals surface area contributed by atoms with Gasteiger partial charge >= 0.3 is 0 Å². The van der Waals surface area contributed by atoms with Gasteiger partial charge in [0.25, 0.3) is 5.91 Å². The van der Waals surface area contributed by atoms with Gasteiger partial charge in [-0.15, -0.1) is 0 Å². The monoisotopic (exact) mass is 283 g/mol. The zero-order valence-electron chi connectivity index (χ0n) is 12.0. The normalized spacial score (nSPS) is 14.4. The Hall–Kier alpha value is -2.36. The maximum atomic E-state index is 12.5. The van der Waals surface area contributed by atoms with Gasteiger partial charge in [-0.2, -0.15) is 0 Å². The van der Waals surface area contributed by atoms with Crippen molar-refractivity contribution in [2.24, 2.45) is 0 Å². The number of hydrogen-bond donors (Lipinski definition) is 0. The Morgan fingerprint density at radius 2 is 1.71 bits per heavy atom. The van der Waals surface area contributed by atoms with Gasteiger partial charge in [-0.3, -0.25) is 9.59 Å². The highest BCUT2D eigenvalue weighted by molar-refractivity contribution is 5.91. The molecule has 21 heavy (non-hydrogen) atoms. The van der Waals surface area contributed by atoms with Crippen molar-refractivity contribution in [3.8, 4) is 0 Å². The lowest BCUT2D eigenvalue weighted by molar-refractivity contribution is 0.0726. The summed E-state index contributed by atoms with van der Waals surface area (Å²) in [6.07, 6.45) is 1.66. The molecule has 4 nitrogen and oxygen atoms in total. The molecule has 1 aromatic carbocycles. The highest BCUT2D eigenvalue weighted by atomic mass is 16.3. The van der Waals surface area contributed by atoms with E-state index >= 15 is 0 Å². The molecule has 2 aromatic rings. The number of benzene rings is 1. The molecule has 1 amide bonds. The second kappa shape index (κ2) is 5.56. The lowest BCUT2D eigenvalue weighted by atomic mass is 10.0. The van der Waals surface area contributed by atoms with Gasteiger partial charge in [0, 0.05) is 25.2 Å². The molecule has 0 saturated heterocycles. The molecule has 1 aliphatic rings. The fraction of sp³-hybridized carbons (Fsp3) is 0.294. The van der Waals surface area contributed by atoms with Gasteiger partial charge in [-0.05, 0) is 30.9 Å². The second-order valence-electron chi connectivity index (χ2n) is 5.33. The smallest absolute Gasteiger partial charge is 0.289 e. The zero-order chi connectivity index (χ0) is 14.8. The second-order valence-corrected chi connectivity index (χ2v) is 5.33. The number of fused-ring (bicyclic) bond motifs is 1. The predicted molar refractivity (Wildman–Crippen MR) is 79.5 cm³/mol. The Balaban J connectivity index is 1.82. The number of hydrogen-bond acceptors (Lipinski definition) is 3. The molecule has 0 aliphatic carbocycles. The molecule has 0 unspecified atom stereocenters. The Bertz CT molecular complexity index is 706. The minimum Gasteiger partial charge on any atom is -0.456 e. The minimum absolute atomic E-state index is 0.131. The first-order chi connectivity index (χ1) is 10.1. The van der Waals surface area contributed by atoms with E-state index in [4.69, 9.17) is 4.42 Å². The Morgan fingerprint density at radius 3 is 2.29 bits per heavy atom. The van der Waals surface area contributed by atoms with Gasteiger partial charge < -0.3 is 9.32 Å². The van der Waals surface area contributed by atoms with Crippen LogP contribution in [0.5, 0.6) is 0 Å². The topological polar surface area (TPSA) is 50.5 Å². The molecule has 1 aromatic heterocycles. The van der Waals surface area contributed by atoms with Gasteiger partial charge in [0.2, 0.25) is 0 Å². The molecular formula is C17H17NO3. The van der Waals surface area contributed by atoms with Crippen LogP contribution in [-0.4, -0.2) is 23.9 Å². The first kappa shape index (κ1) is 13.6. The van der Waals surface area contributed by atoms with Crippen LogP contribution in [0.25, 0.3) is 0 Å². The molecule has 0 spiro atoms. The van der Waals surface area contributed by atoms with Crippen molar-refractivity contribution >= 4 is 5.91 Å². The number of amides is 1. The summed E-state index contributed by atoms with van der Waals surface area (Å²) in [5, 5.41) is 0. The van der Waals surface area contributed by atoms with Crippen LogP contribution < -0.4 is 5.43 Å². The van der Waals surface area contributed by atoms with Crippen LogP contribution in [-0.2, 0) is 12.8 Å². The number of carbonyl (C=O) groups is 1. The van der Waals surface area contributed by atoms with E-state index in [9.17, 15) is 9.59 Å². The minimum atomic E-state index is -0.205. The first-order valence-corrected chi connectivity index (χ1v) is 7.11. The summed E-state index contributed by atoms with van der Waals surface area (Å²) >= 11 is 0. The van der Waals surface area contributed by atoms with E-state index in [-0.39, 0.29) is 17.1 Å². The largest absolute Gasteiger partial charge is 0.456 e. The molecule has 0 bridgehead atoms. The summed E-state index contributed by atoms with van der Waals surface area (Å²) < 4.78 is 5.40. The van der Waals surface area contributed by atoms with E-state index in [2.05, 4.69) is 12.1 Å². The van der Waals surface area contributed by atoms with Crippen molar-refractivity contribution in [3.05, 3.63) is 69.3 Å². The summed E-state index contributed by atoms with van der Waals surface area (Å²) in [5.41, 5.74) is 2.39. The van der Waals surface area contributed by atoms with Crippen molar-refractivity contribution in [2.45, 2.75) is 19.8 Å². The summed E-state index contributed by atoms with van der Waals surface area (Å²) in [6.45, 7) is 2.97. The van der Waals surface area contributed by atoms with E-state index in [1.54, 1.807) is 11.8 Å². The van der Waals surface area contributed by atoms with Crippen LogP contribution in [0, 0.1) is 6.92 Å². The van der Waals surface area contributed by atoms with E-state index < -0.39 is 0 Å². The van der Waals surface area contributed by atoms with Gasteiger partial charge in [0.15, 0.2) is 11.2 Å². The maximum absolute atomic E-state index is 12.5. The van der Waals surface area contributed by atoms with Crippen molar-refractivity contribution in [3.63, 3.8) is 0 Å². The molecule has 1 aliphatic heterocycles. The lowest BCUT2D eigenvalue weighted by Crippen LogP contribution is -2.33. The van der Waals surface area contributed by atoms with Crippen LogP contribution in [0.3, 0.4) is 0 Å². The van der Waals surface area contributed by atoms with Gasteiger partial charge in [-0.1, -0.05) is 24.3 Å². The van der Waals surface area contributed by atoms with Crippen LogP contribution in [0.2, 0.25) is 0 Å². The van der Waals surface area contributed by atoms with E-state index in [1.807, 2.05) is 12.1 Å². The van der Waals surface area contributed by atoms with E-state index in [0.717, 1.165) is 12.8 Å². The third kappa shape index (κ3) is 2.89. The van der Waals surface area contributed by atoms with Crippen LogP contribution in [0.4, 0.5) is 0 Å². The third-order valence-electron chi connectivity index (χ3n) is 3.81. The van der Waals surface area contributed by atoms with Crippen molar-refractivity contribution in [1.82, 2.24) is 4.90 Å². The molecule has 108 valence electrons. The Morgan fingerprint density at radius 1 is 1.10 bits per heavy atom. The summed E-state index contributed by atoms with van der Waals surface area (Å²) in [7, 11) is 0. The fourth-order valence-electron chi connectivity index (χ4n) is 2.74. The van der Waals surface area contributed by atoms with Crippen molar-refractivity contribution in [1.29, 1.82) is 0 Å². The SMILES string of the molecule is Cc1cc(=O)cc(C(=O)N2CCc3ccccc3CC2)o1. The number of nitrogens with zero attached hydrogens (tertiary/aromatic N) is 1. The lowest BCUT2D eigenvalue weighted by Gasteiger charge is -2.19. The standard InChI is InChI=1S/C17H17NO3/c1-12-10-15(19)11-16(21-12)17(20)18-8-6-13-4-2-3-5-14(13)7-9-18/h2-5,10-11H,6-9H2,1H3. The molecule has 4 heteroatoms. The molecule has 0 radical (unpaired) electrons. The van der Waals surface area contributed by atoms with Crippen molar-refractivity contribution in [2.75, 3.05) is 13.1 Å². The molecular weight excluding hydrogens is 266 g/mol. The average molecular weight is 283 g/mol. The predicted octanol–water partition coefficient (Wildman–Crippen LogP) is 2.19. The highest BCUT2D eigenvalue weighted by Crippen LogP contribution is 2.17. The highest BCUT2D eigenvalue weighted by Gasteiger charge is 2.21. The molecule has 2 heterocycles. The third-order valence-corrected chi connectivity index (χ3v) is 3.81. The zero-order valence-corrected chi connectivity index (χ0v) is 12.0. The number of aryl methyl sites for hydroxylation is 1. The number of carbonyl (C=O) groups excluding carboxylic acids is 1. The Kier molecular flexibility index (Phi) is 3.60. The molecule has 0 saturated carbocycles. The fourth-order valence-corrected chi connectivity index (χ4v) is 2.74. The quantitative estimate of drug-likeness (QED) is 0.806. The summed E-state index contributed by atoms with van der Waals surface area (Å²) in [6, 6.07) is 10.9. The summed E-state index contributed by atoms with van der Waals surface area (Å²) in [5.74, 6) is 0.388. The van der Waals surface area contributed by atoms with Crippen molar-refractivity contribution < 1.29 is 9.21 Å². The van der Waals surface area contributed by atoms with Crippen LogP contribution >= 0.6 is 0 Å². The molecule has 0 atom stereocenters. The average Bonchev–Trinajstić information content (AvgIpc) is 2.68. The molecule has 0 fully saturated rings. The van der Waals surface area contributed by atoms with Gasteiger partial charge in [-0.25, -0.2) is 0 Å². The maximum Gasteiger partial charge on any atom is 0.289 e. The Labute approximate surface area is 123 Å². The van der Waals surface area contributed by atoms with E-state index in [0.29, 0.717) is 18.8 Å². The molecule has 0 N–H and O–H groups in total. The number of rotatable bonds is 1. The van der Waals surface area contributed by atoms with E-state index in [1.165, 1.54) is 23.3 Å². The first-order valence-electron chi connectivity index (χ1n) is 7.11. The van der Waals surface area contributed by atoms with Gasteiger partial charge in [0.1, 0.15) is 5.76 Å². The van der Waals surface area contributed by atoms with Crippen LogP contribution in [0.1, 0.15) is 27.4 Å². The molecule has 3 rings (SSSR count).